The Morgan fingerprint density at radius 1 is 0.746 bits per heavy atom. The zero-order chi connectivity index (χ0) is 41.5. The number of nitrogens with one attached hydrogen (secondary N) is 2. The first-order valence-electron chi connectivity index (χ1n) is 19.9. The molecule has 59 heavy (non-hydrogen) atoms. The Labute approximate surface area is 343 Å². The molecule has 2 atom stereocenters. The third-order valence-corrected chi connectivity index (χ3v) is 10.9. The van der Waals surface area contributed by atoms with Crippen molar-refractivity contribution in [2.45, 2.75) is 58.9 Å². The van der Waals surface area contributed by atoms with Crippen LogP contribution in [0.15, 0.2) is 97.1 Å². The third-order valence-electron chi connectivity index (χ3n) is 10.9. The van der Waals surface area contributed by atoms with Crippen LogP contribution in [0.25, 0.3) is 22.1 Å². The van der Waals surface area contributed by atoms with Crippen molar-refractivity contribution in [3.63, 3.8) is 0 Å². The summed E-state index contributed by atoms with van der Waals surface area (Å²) in [5.74, 6) is 1.07. The number of benzene rings is 4. The molecule has 0 bridgehead atoms. The van der Waals surface area contributed by atoms with E-state index < -0.39 is 24.3 Å². The van der Waals surface area contributed by atoms with E-state index in [1.54, 1.807) is 26.6 Å². The number of imidazole rings is 2. The van der Waals surface area contributed by atoms with Crippen molar-refractivity contribution in [3.8, 4) is 0 Å². The van der Waals surface area contributed by atoms with Gasteiger partial charge in [-0.3, -0.25) is 19.4 Å². The van der Waals surface area contributed by atoms with Crippen LogP contribution in [0.5, 0.6) is 0 Å². The monoisotopic (exact) mass is 798 g/mol. The molecule has 14 heteroatoms. The summed E-state index contributed by atoms with van der Waals surface area (Å²) in [5, 5.41) is 0. The summed E-state index contributed by atoms with van der Waals surface area (Å²) in [7, 11) is 1.70. The lowest BCUT2D eigenvalue weighted by Gasteiger charge is -2.39. The number of rotatable bonds is 13. The van der Waals surface area contributed by atoms with Crippen LogP contribution < -0.4 is 0 Å². The first-order chi connectivity index (χ1) is 28.5. The molecule has 0 aliphatic carbocycles. The molecule has 0 radical (unpaired) electrons. The highest BCUT2D eigenvalue weighted by atomic mass is 16.6. The third kappa shape index (κ3) is 9.89. The Hall–Kier alpha value is -6.70. The van der Waals surface area contributed by atoms with E-state index in [1.807, 2.05) is 79.7 Å². The fourth-order valence-corrected chi connectivity index (χ4v) is 7.24. The summed E-state index contributed by atoms with van der Waals surface area (Å²) in [6, 6.07) is 30.4. The number of carbonyl (C=O) groups is 4. The van der Waals surface area contributed by atoms with Crippen LogP contribution in [0.1, 0.15) is 66.8 Å². The van der Waals surface area contributed by atoms with E-state index in [1.165, 1.54) is 13.8 Å². The summed E-state index contributed by atoms with van der Waals surface area (Å²) in [5.41, 5.74) is 7.26. The van der Waals surface area contributed by atoms with Crippen LogP contribution in [-0.2, 0) is 45.1 Å². The average molecular weight is 799 g/mol. The molecule has 2 N–H and O–H groups in total. The summed E-state index contributed by atoms with van der Waals surface area (Å²) in [4.78, 5) is 74.2. The predicted octanol–water partition coefficient (Wildman–Crippen LogP) is 6.94. The van der Waals surface area contributed by atoms with Gasteiger partial charge in [0.25, 0.3) is 0 Å². The van der Waals surface area contributed by atoms with Gasteiger partial charge >= 0.3 is 12.2 Å². The van der Waals surface area contributed by atoms with Crippen LogP contribution in [0, 0.1) is 0 Å². The zero-order valence-corrected chi connectivity index (χ0v) is 33.9. The maximum Gasteiger partial charge on any atom is 0.410 e. The van der Waals surface area contributed by atoms with Gasteiger partial charge in [-0.2, -0.15) is 0 Å². The van der Waals surface area contributed by atoms with Gasteiger partial charge in [-0.25, -0.2) is 19.6 Å². The maximum atomic E-state index is 13.4. The predicted molar refractivity (Wildman–Crippen MR) is 223 cm³/mol. The highest BCUT2D eigenvalue weighted by Gasteiger charge is 2.35. The van der Waals surface area contributed by atoms with Crippen molar-refractivity contribution in [1.82, 2.24) is 39.5 Å². The minimum atomic E-state index is -0.491. The van der Waals surface area contributed by atoms with E-state index in [0.29, 0.717) is 37.8 Å². The van der Waals surface area contributed by atoms with Gasteiger partial charge in [0.05, 0.1) is 28.1 Å². The van der Waals surface area contributed by atoms with Gasteiger partial charge in [0.15, 0.2) is 0 Å². The van der Waals surface area contributed by atoms with Crippen LogP contribution in [0.4, 0.5) is 9.59 Å². The van der Waals surface area contributed by atoms with Crippen molar-refractivity contribution in [2.24, 2.45) is 0 Å². The molecule has 3 heterocycles. The second-order valence-corrected chi connectivity index (χ2v) is 15.0. The summed E-state index contributed by atoms with van der Waals surface area (Å²) in [6.07, 6.45) is 0.586. The molecular weight excluding hydrogens is 749 g/mol. The number of fused-ring (bicyclic) bond motifs is 2. The molecule has 4 aromatic carbocycles. The smallest absolute Gasteiger partial charge is 0.410 e. The second-order valence-electron chi connectivity index (χ2n) is 15.0. The summed E-state index contributed by atoms with van der Waals surface area (Å²) < 4.78 is 11.4. The highest BCUT2D eigenvalue weighted by molar-refractivity contribution is 5.78. The number of hydrogen-bond donors (Lipinski definition) is 2. The summed E-state index contributed by atoms with van der Waals surface area (Å²) >= 11 is 0. The Kier molecular flexibility index (Phi) is 12.5. The standard InChI is InChI=1S/C45H50N8O6/c1-30(52(23-21-50(4)31(2)54)44(56)58-28-35-11-7-5-8-12-35)42-46-37-19-17-33(25-39(37)48-42)15-16-34-18-20-38-40(26-34)49-43(47-38)41-27-51(32(3)55)22-24-53(41)45(57)59-29-36-13-9-6-10-14-36/h5-14,17-20,25-26,30,41H,15-16,21-24,27-29H2,1-4H3,(H,46,48)(H,47,49)/t30-,41-/m0/s1. The number of carbonyl (C=O) groups excluding carboxylic acids is 4. The van der Waals surface area contributed by atoms with Crippen LogP contribution in [-0.4, -0.2) is 103 Å². The maximum absolute atomic E-state index is 13.4. The zero-order valence-electron chi connectivity index (χ0n) is 33.9. The molecular formula is C45H50N8O6. The van der Waals surface area contributed by atoms with E-state index in [9.17, 15) is 19.2 Å². The topological polar surface area (TPSA) is 157 Å². The van der Waals surface area contributed by atoms with Crippen molar-refractivity contribution in [1.29, 1.82) is 0 Å². The first kappa shape index (κ1) is 40.5. The largest absolute Gasteiger partial charge is 0.445 e. The number of nitrogens with zero attached hydrogens (tertiary/aromatic N) is 6. The van der Waals surface area contributed by atoms with E-state index in [0.717, 1.165) is 57.2 Å². The van der Waals surface area contributed by atoms with E-state index in [2.05, 4.69) is 34.2 Å². The minimum Gasteiger partial charge on any atom is -0.445 e. The molecule has 306 valence electrons. The quantitative estimate of drug-likeness (QED) is 0.127. The van der Waals surface area contributed by atoms with Gasteiger partial charge in [0.1, 0.15) is 30.9 Å². The normalized spacial score (nSPS) is 14.6. The van der Waals surface area contributed by atoms with Crippen LogP contribution >= 0.6 is 0 Å². The van der Waals surface area contributed by atoms with Gasteiger partial charge in [-0.1, -0.05) is 72.8 Å². The number of aryl methyl sites for hydroxylation is 2. The lowest BCUT2D eigenvalue weighted by Crippen LogP contribution is -2.52. The molecule has 4 amide bonds. The van der Waals surface area contributed by atoms with Gasteiger partial charge in [0, 0.05) is 53.6 Å². The number of likely N-dealkylation sites (N-methyl/N-ethyl adjacent to an activating group) is 1. The molecule has 6 aromatic rings. The lowest BCUT2D eigenvalue weighted by molar-refractivity contribution is -0.131. The van der Waals surface area contributed by atoms with Gasteiger partial charge in [-0.15, -0.1) is 0 Å². The first-order valence-corrected chi connectivity index (χ1v) is 19.9. The van der Waals surface area contributed by atoms with Crippen molar-refractivity contribution < 1.29 is 28.7 Å². The number of hydrogen-bond acceptors (Lipinski definition) is 8. The van der Waals surface area contributed by atoms with E-state index in [-0.39, 0.29) is 31.6 Å². The Bertz CT molecular complexity index is 2420. The van der Waals surface area contributed by atoms with E-state index in [4.69, 9.17) is 19.4 Å². The Balaban J connectivity index is 1.03. The number of aromatic amines is 2. The minimum absolute atomic E-state index is 0.0554. The molecule has 0 spiro atoms. The Morgan fingerprint density at radius 3 is 1.95 bits per heavy atom. The molecule has 0 saturated carbocycles. The number of piperazine rings is 1. The molecule has 1 saturated heterocycles. The number of H-pyrrole nitrogens is 2. The molecule has 1 aliphatic rings. The molecule has 7 rings (SSSR count). The van der Waals surface area contributed by atoms with Gasteiger partial charge in [-0.05, 0) is 66.3 Å². The van der Waals surface area contributed by atoms with Crippen LogP contribution in [0.3, 0.4) is 0 Å². The molecule has 1 fully saturated rings. The van der Waals surface area contributed by atoms with Crippen LogP contribution in [0.2, 0.25) is 0 Å². The van der Waals surface area contributed by atoms with E-state index >= 15 is 0 Å². The highest BCUT2D eigenvalue weighted by Crippen LogP contribution is 2.28. The van der Waals surface area contributed by atoms with Crippen molar-refractivity contribution in [3.05, 3.63) is 131 Å². The fraction of sp³-hybridized carbons (Fsp3) is 0.333. The Morgan fingerprint density at radius 2 is 1.34 bits per heavy atom. The molecule has 1 aliphatic heterocycles. The van der Waals surface area contributed by atoms with Crippen molar-refractivity contribution in [2.75, 3.05) is 39.8 Å². The fourth-order valence-electron chi connectivity index (χ4n) is 7.24. The number of amides is 4. The average Bonchev–Trinajstić information content (AvgIpc) is 3.88. The molecule has 14 nitrogen and oxygen atoms in total. The lowest BCUT2D eigenvalue weighted by atomic mass is 10.0. The van der Waals surface area contributed by atoms with Gasteiger partial charge in [0.2, 0.25) is 11.8 Å². The second kappa shape index (κ2) is 18.3. The van der Waals surface area contributed by atoms with Crippen molar-refractivity contribution >= 4 is 46.1 Å². The molecule has 2 aromatic heterocycles. The summed E-state index contributed by atoms with van der Waals surface area (Å²) in [6.45, 7) is 6.90. The number of ether oxygens (including phenoxy) is 2. The number of aromatic nitrogens is 4. The van der Waals surface area contributed by atoms with Gasteiger partial charge < -0.3 is 29.2 Å². The molecule has 0 unspecified atom stereocenters. The SMILES string of the molecule is CC(=O)N(C)CCN(C(=O)OCc1ccccc1)[C@@H](C)c1nc2ccc(CCc3ccc4nc([C@@H]5CN(C(C)=O)CCN5C(=O)OCc5ccccc5)[nH]c4c3)cc2[nH]1.